The Kier molecular flexibility index (Phi) is 5.73. The van der Waals surface area contributed by atoms with Gasteiger partial charge in [-0.1, -0.05) is 76.9 Å². The molecule has 0 radical (unpaired) electrons. The molecule has 0 bridgehead atoms. The molecule has 0 heterocycles. The predicted octanol–water partition coefficient (Wildman–Crippen LogP) is 2.03. The zero-order valence-electron chi connectivity index (χ0n) is 17.0. The maximum absolute atomic E-state index is 12.0. The zero-order chi connectivity index (χ0) is 21.3. The van der Waals surface area contributed by atoms with Gasteiger partial charge in [-0.3, -0.25) is 0 Å². The van der Waals surface area contributed by atoms with Crippen LogP contribution < -0.4 is 20.4 Å². The maximum Gasteiger partial charge on any atom is 0.0567 e. The predicted molar refractivity (Wildman–Crippen MR) is 103 cm³/mol. The van der Waals surface area contributed by atoms with E-state index >= 15 is 0 Å². The van der Waals surface area contributed by atoms with E-state index in [1.807, 2.05) is 41.5 Å². The van der Waals surface area contributed by atoms with Crippen molar-refractivity contribution in [1.29, 1.82) is 0 Å². The van der Waals surface area contributed by atoms with Crippen LogP contribution in [0.25, 0.3) is 0 Å². The van der Waals surface area contributed by atoms with E-state index in [9.17, 15) is 20.4 Å². The summed E-state index contributed by atoms with van der Waals surface area (Å²) in [6.45, 7) is 11.1. The van der Waals surface area contributed by atoms with Gasteiger partial charge >= 0.3 is 0 Å². The van der Waals surface area contributed by atoms with Gasteiger partial charge < -0.3 is 20.4 Å². The molecule has 0 N–H and O–H groups in total. The SMILES string of the molecule is CC(C)(C)c1cc(/C=N\N=C/c2cc([O-])c([O-])c(C(C)(C)C)c2)cc([O-])c1[O-]. The van der Waals surface area contributed by atoms with E-state index in [1.54, 1.807) is 12.1 Å². The molecule has 150 valence electrons. The molecule has 6 heteroatoms. The number of hydrogen-bond acceptors (Lipinski definition) is 6. The van der Waals surface area contributed by atoms with Crippen LogP contribution in [-0.4, -0.2) is 12.4 Å². The first-order chi connectivity index (χ1) is 12.8. The quantitative estimate of drug-likeness (QED) is 0.598. The number of rotatable bonds is 3. The second kappa shape index (κ2) is 7.54. The summed E-state index contributed by atoms with van der Waals surface area (Å²) in [7, 11) is 0. The topological polar surface area (TPSA) is 117 Å². The first-order valence-electron chi connectivity index (χ1n) is 8.92. The van der Waals surface area contributed by atoms with E-state index in [1.165, 1.54) is 24.6 Å². The lowest BCUT2D eigenvalue weighted by Crippen LogP contribution is -2.16. The highest BCUT2D eigenvalue weighted by Crippen LogP contribution is 2.35. The molecule has 0 amide bonds. The molecule has 0 aliphatic rings. The summed E-state index contributed by atoms with van der Waals surface area (Å²) >= 11 is 0. The highest BCUT2D eigenvalue weighted by Gasteiger charge is 2.16. The summed E-state index contributed by atoms with van der Waals surface area (Å²) in [5, 5.41) is 55.6. The Hall–Kier alpha value is -3.02. The molecule has 0 aliphatic carbocycles. The van der Waals surface area contributed by atoms with Gasteiger partial charge in [0.1, 0.15) is 0 Å². The summed E-state index contributed by atoms with van der Waals surface area (Å²) in [5.41, 5.74) is 0.863. The van der Waals surface area contributed by atoms with Gasteiger partial charge in [-0.05, 0) is 22.0 Å². The van der Waals surface area contributed by atoms with Crippen LogP contribution in [0.1, 0.15) is 63.8 Å². The lowest BCUT2D eigenvalue weighted by Gasteiger charge is -2.31. The normalized spacial score (nSPS) is 12.9. The van der Waals surface area contributed by atoms with Crippen molar-refractivity contribution < 1.29 is 20.4 Å². The van der Waals surface area contributed by atoms with Crippen LogP contribution in [0.5, 0.6) is 23.0 Å². The van der Waals surface area contributed by atoms with Crippen LogP contribution in [0.3, 0.4) is 0 Å². The van der Waals surface area contributed by atoms with Crippen molar-refractivity contribution in [2.24, 2.45) is 10.2 Å². The lowest BCUT2D eigenvalue weighted by molar-refractivity contribution is -0.318. The fourth-order valence-corrected chi connectivity index (χ4v) is 2.71. The van der Waals surface area contributed by atoms with Crippen LogP contribution in [0.15, 0.2) is 34.5 Å². The second-order valence-corrected chi connectivity index (χ2v) is 8.78. The van der Waals surface area contributed by atoms with Gasteiger partial charge in [-0.2, -0.15) is 10.2 Å². The average molecular weight is 380 g/mol. The Morgan fingerprint density at radius 2 is 0.929 bits per heavy atom. The molecule has 0 saturated heterocycles. The minimum atomic E-state index is -0.588. The van der Waals surface area contributed by atoms with Crippen molar-refractivity contribution in [3.05, 3.63) is 46.5 Å². The van der Waals surface area contributed by atoms with Gasteiger partial charge in [0.25, 0.3) is 0 Å². The molecular formula is C22H24N2O4-4. The molecule has 28 heavy (non-hydrogen) atoms. The van der Waals surface area contributed by atoms with E-state index in [2.05, 4.69) is 10.2 Å². The van der Waals surface area contributed by atoms with E-state index in [4.69, 9.17) is 0 Å². The van der Waals surface area contributed by atoms with Crippen molar-refractivity contribution in [2.45, 2.75) is 52.4 Å². The third-order valence-electron chi connectivity index (χ3n) is 4.25. The Morgan fingerprint density at radius 1 is 0.607 bits per heavy atom. The largest absolute Gasteiger partial charge is 0.873 e. The molecule has 0 atom stereocenters. The summed E-state index contributed by atoms with van der Waals surface area (Å²) in [6.07, 6.45) is 2.74. The van der Waals surface area contributed by atoms with Gasteiger partial charge in [-0.25, -0.2) is 0 Å². The van der Waals surface area contributed by atoms with E-state index in [0.29, 0.717) is 22.3 Å². The third kappa shape index (κ3) is 4.82. The highest BCUT2D eigenvalue weighted by atomic mass is 16.3. The van der Waals surface area contributed by atoms with Crippen LogP contribution in [0, 0.1) is 0 Å². The summed E-state index contributed by atoms with van der Waals surface area (Å²) in [6, 6.07) is 5.69. The molecule has 0 unspecified atom stereocenters. The average Bonchev–Trinajstić information content (AvgIpc) is 2.55. The van der Waals surface area contributed by atoms with Gasteiger partial charge in [0.15, 0.2) is 0 Å². The molecule has 0 fully saturated rings. The molecular weight excluding hydrogens is 356 g/mol. The van der Waals surface area contributed by atoms with E-state index < -0.39 is 33.8 Å². The Bertz CT molecular complexity index is 856. The fraction of sp³-hybridized carbons (Fsp3) is 0.364. The zero-order valence-corrected chi connectivity index (χ0v) is 17.0. The Balaban J connectivity index is 2.30. The Labute approximate surface area is 165 Å². The van der Waals surface area contributed by atoms with Gasteiger partial charge in [0, 0.05) is 0 Å². The molecule has 2 rings (SSSR count). The van der Waals surface area contributed by atoms with Crippen molar-refractivity contribution in [1.82, 2.24) is 0 Å². The van der Waals surface area contributed by atoms with Gasteiger partial charge in [0.2, 0.25) is 0 Å². The van der Waals surface area contributed by atoms with Crippen molar-refractivity contribution in [2.75, 3.05) is 0 Å². The first-order valence-corrected chi connectivity index (χ1v) is 8.92. The first kappa shape index (κ1) is 21.3. The fourth-order valence-electron chi connectivity index (χ4n) is 2.71. The van der Waals surface area contributed by atoms with Crippen LogP contribution in [-0.2, 0) is 10.8 Å². The molecule has 0 spiro atoms. The molecule has 6 nitrogen and oxygen atoms in total. The minimum Gasteiger partial charge on any atom is -0.873 e. The summed E-state index contributed by atoms with van der Waals surface area (Å²) in [4.78, 5) is 0. The van der Waals surface area contributed by atoms with Crippen molar-refractivity contribution in [3.8, 4) is 23.0 Å². The van der Waals surface area contributed by atoms with Crippen LogP contribution >= 0.6 is 0 Å². The number of nitrogens with zero attached hydrogens (tertiary/aromatic N) is 2. The van der Waals surface area contributed by atoms with E-state index in [-0.39, 0.29) is 0 Å². The smallest absolute Gasteiger partial charge is 0.0567 e. The summed E-state index contributed by atoms with van der Waals surface area (Å²) in [5.74, 6) is -2.20. The molecule has 2 aromatic rings. The second-order valence-electron chi connectivity index (χ2n) is 8.78. The molecule has 0 aromatic heterocycles. The Morgan fingerprint density at radius 3 is 1.21 bits per heavy atom. The van der Waals surface area contributed by atoms with E-state index in [0.717, 1.165) is 0 Å². The third-order valence-corrected chi connectivity index (χ3v) is 4.25. The van der Waals surface area contributed by atoms with Gasteiger partial charge in [0.05, 0.1) is 12.4 Å². The lowest BCUT2D eigenvalue weighted by atomic mass is 9.85. The standard InChI is InChI=1S/C22H28N2O4/c1-21(2,3)15-7-13(9-17(25)19(15)27)11-23-24-12-14-8-16(22(4,5)6)20(28)18(26)10-14/h7-12,25-28H,1-6H3/p-4/b23-11-,24-12-. The maximum atomic E-state index is 12.0. The van der Waals surface area contributed by atoms with Crippen LogP contribution in [0.2, 0.25) is 0 Å². The molecule has 0 aliphatic heterocycles. The van der Waals surface area contributed by atoms with Crippen LogP contribution in [0.4, 0.5) is 0 Å². The van der Waals surface area contributed by atoms with Gasteiger partial charge in [-0.15, -0.1) is 23.0 Å². The summed E-state index contributed by atoms with van der Waals surface area (Å²) < 4.78 is 0. The molecule has 0 saturated carbocycles. The highest BCUT2D eigenvalue weighted by molar-refractivity contribution is 5.84. The number of hydrogen-bond donors (Lipinski definition) is 0. The minimum absolute atomic E-state index is 0.419. The molecule has 2 aromatic carbocycles. The van der Waals surface area contributed by atoms with Crippen molar-refractivity contribution >= 4 is 12.4 Å². The number of benzene rings is 2. The van der Waals surface area contributed by atoms with Crippen molar-refractivity contribution in [3.63, 3.8) is 0 Å². The monoisotopic (exact) mass is 380 g/mol.